The molecule has 1 fully saturated rings. The van der Waals surface area contributed by atoms with Gasteiger partial charge in [0.2, 0.25) is 0 Å². The Kier molecular flexibility index (Phi) is 11.4. The fourth-order valence-electron chi connectivity index (χ4n) is 4.06. The van der Waals surface area contributed by atoms with Crippen molar-refractivity contribution in [2.24, 2.45) is 5.92 Å². The zero-order valence-electron chi connectivity index (χ0n) is 18.4. The van der Waals surface area contributed by atoms with Gasteiger partial charge in [-0.15, -0.1) is 0 Å². The molecular formula is C22H45NO4. The van der Waals surface area contributed by atoms with E-state index in [0.717, 1.165) is 32.2 Å². The van der Waals surface area contributed by atoms with Gasteiger partial charge in [0.25, 0.3) is 0 Å². The van der Waals surface area contributed by atoms with Crippen molar-refractivity contribution in [3.63, 3.8) is 0 Å². The van der Waals surface area contributed by atoms with Crippen molar-refractivity contribution in [1.82, 2.24) is 4.90 Å². The van der Waals surface area contributed by atoms with Crippen LogP contribution in [0.4, 0.5) is 0 Å². The van der Waals surface area contributed by atoms with Gasteiger partial charge in [-0.3, -0.25) is 4.90 Å². The van der Waals surface area contributed by atoms with Crippen molar-refractivity contribution in [3.05, 3.63) is 0 Å². The van der Waals surface area contributed by atoms with E-state index in [0.29, 0.717) is 6.42 Å². The van der Waals surface area contributed by atoms with E-state index < -0.39 is 23.9 Å². The number of aliphatic hydroxyl groups excluding tert-OH is 2. The molecule has 5 heteroatoms. The van der Waals surface area contributed by atoms with Crippen molar-refractivity contribution < 1.29 is 20.1 Å². The summed E-state index contributed by atoms with van der Waals surface area (Å²) in [5.74, 6) is 0.135. The van der Waals surface area contributed by atoms with Gasteiger partial charge in [-0.1, -0.05) is 59.3 Å². The first-order valence-electron chi connectivity index (χ1n) is 11.1. The molecule has 0 heterocycles. The topological polar surface area (TPSA) is 73.2 Å². The highest BCUT2D eigenvalue weighted by molar-refractivity contribution is 4.98. The van der Waals surface area contributed by atoms with Gasteiger partial charge in [0.15, 0.2) is 0 Å². The van der Waals surface area contributed by atoms with Gasteiger partial charge in [0.05, 0.1) is 30.5 Å². The molecule has 6 atom stereocenters. The lowest BCUT2D eigenvalue weighted by Gasteiger charge is -2.36. The fraction of sp³-hybridized carbons (Fsp3) is 1.00. The van der Waals surface area contributed by atoms with Crippen LogP contribution in [0.2, 0.25) is 0 Å². The van der Waals surface area contributed by atoms with Crippen molar-refractivity contribution in [2.75, 3.05) is 20.2 Å². The number of likely N-dealkylation sites (N-methyl/N-ethyl adjacent to an activating group) is 1. The SMILES string of the molecule is CCCCCCCN(C)[C@@H]1[C@@H](OCC(C)(O)C(C)CCCC)[C@@H](O)C[C@H]1O. The van der Waals surface area contributed by atoms with Crippen molar-refractivity contribution >= 4 is 0 Å². The van der Waals surface area contributed by atoms with Crippen LogP contribution in [0.5, 0.6) is 0 Å². The van der Waals surface area contributed by atoms with E-state index in [1.165, 1.54) is 25.7 Å². The predicted octanol–water partition coefficient (Wildman–Crippen LogP) is 3.35. The van der Waals surface area contributed by atoms with E-state index >= 15 is 0 Å². The van der Waals surface area contributed by atoms with E-state index in [1.807, 2.05) is 14.0 Å². The number of nitrogens with zero attached hydrogens (tertiary/aromatic N) is 1. The Bertz CT molecular complexity index is 391. The Morgan fingerprint density at radius 1 is 1.04 bits per heavy atom. The van der Waals surface area contributed by atoms with E-state index in [2.05, 4.69) is 25.7 Å². The van der Waals surface area contributed by atoms with Gasteiger partial charge in [-0.25, -0.2) is 0 Å². The summed E-state index contributed by atoms with van der Waals surface area (Å²) in [5.41, 5.74) is -0.925. The Morgan fingerprint density at radius 3 is 2.30 bits per heavy atom. The molecule has 0 radical (unpaired) electrons. The summed E-state index contributed by atoms with van der Waals surface area (Å²) < 4.78 is 6.03. The average molecular weight is 388 g/mol. The van der Waals surface area contributed by atoms with Gasteiger partial charge in [0, 0.05) is 6.42 Å². The smallest absolute Gasteiger partial charge is 0.102 e. The predicted molar refractivity (Wildman–Crippen MR) is 111 cm³/mol. The van der Waals surface area contributed by atoms with Crippen LogP contribution in [0, 0.1) is 5.92 Å². The zero-order chi connectivity index (χ0) is 20.4. The number of rotatable bonds is 14. The van der Waals surface area contributed by atoms with Gasteiger partial charge in [-0.2, -0.15) is 0 Å². The molecule has 0 aromatic carbocycles. The lowest BCUT2D eigenvalue weighted by molar-refractivity contribution is -0.126. The molecule has 1 rings (SSSR count). The van der Waals surface area contributed by atoms with Crippen molar-refractivity contribution in [1.29, 1.82) is 0 Å². The molecule has 27 heavy (non-hydrogen) atoms. The van der Waals surface area contributed by atoms with Crippen LogP contribution in [-0.4, -0.2) is 70.4 Å². The molecule has 0 bridgehead atoms. The van der Waals surface area contributed by atoms with Crippen LogP contribution in [0.15, 0.2) is 0 Å². The number of aliphatic hydroxyl groups is 3. The third kappa shape index (κ3) is 7.98. The molecule has 1 aliphatic rings. The van der Waals surface area contributed by atoms with Crippen LogP contribution < -0.4 is 0 Å². The second-order valence-corrected chi connectivity index (χ2v) is 8.93. The quantitative estimate of drug-likeness (QED) is 0.399. The molecule has 0 spiro atoms. The van der Waals surface area contributed by atoms with Crippen LogP contribution in [0.1, 0.15) is 85.5 Å². The Hall–Kier alpha value is -0.200. The lowest BCUT2D eigenvalue weighted by atomic mass is 9.87. The van der Waals surface area contributed by atoms with Gasteiger partial charge in [0.1, 0.15) is 6.10 Å². The highest BCUT2D eigenvalue weighted by Gasteiger charge is 2.45. The minimum atomic E-state index is -0.925. The fourth-order valence-corrected chi connectivity index (χ4v) is 4.06. The molecule has 5 nitrogen and oxygen atoms in total. The monoisotopic (exact) mass is 387 g/mol. The number of unbranched alkanes of at least 4 members (excludes halogenated alkanes) is 5. The molecule has 1 aliphatic carbocycles. The summed E-state index contributed by atoms with van der Waals surface area (Å²) in [7, 11) is 2.00. The van der Waals surface area contributed by atoms with Gasteiger partial charge in [-0.05, 0) is 39.3 Å². The van der Waals surface area contributed by atoms with Crippen molar-refractivity contribution in [3.8, 4) is 0 Å². The molecule has 1 saturated carbocycles. The number of hydrogen-bond acceptors (Lipinski definition) is 5. The molecule has 0 aromatic heterocycles. The highest BCUT2D eigenvalue weighted by Crippen LogP contribution is 2.30. The zero-order valence-corrected chi connectivity index (χ0v) is 18.4. The maximum Gasteiger partial charge on any atom is 0.102 e. The second-order valence-electron chi connectivity index (χ2n) is 8.93. The second kappa shape index (κ2) is 12.4. The van der Waals surface area contributed by atoms with E-state index in [1.54, 1.807) is 0 Å². The third-order valence-electron chi connectivity index (χ3n) is 6.34. The lowest BCUT2D eigenvalue weighted by Crippen LogP contribution is -2.50. The summed E-state index contributed by atoms with van der Waals surface area (Å²) >= 11 is 0. The van der Waals surface area contributed by atoms with E-state index in [9.17, 15) is 15.3 Å². The minimum Gasteiger partial charge on any atom is -0.391 e. The summed E-state index contributed by atoms with van der Waals surface area (Å²) in [6.07, 6.45) is 7.80. The molecule has 0 amide bonds. The summed E-state index contributed by atoms with van der Waals surface area (Å²) in [5, 5.41) is 31.6. The van der Waals surface area contributed by atoms with Crippen LogP contribution >= 0.6 is 0 Å². The molecule has 3 N–H and O–H groups in total. The largest absolute Gasteiger partial charge is 0.391 e. The van der Waals surface area contributed by atoms with E-state index in [4.69, 9.17) is 4.74 Å². The van der Waals surface area contributed by atoms with Crippen LogP contribution in [-0.2, 0) is 4.74 Å². The first-order chi connectivity index (χ1) is 12.7. The summed E-state index contributed by atoms with van der Waals surface area (Å²) in [6, 6.07) is -0.215. The third-order valence-corrected chi connectivity index (χ3v) is 6.34. The Labute approximate surface area is 167 Å². The van der Waals surface area contributed by atoms with Crippen molar-refractivity contribution in [2.45, 2.75) is 115 Å². The molecule has 0 aliphatic heterocycles. The minimum absolute atomic E-state index is 0.135. The molecular weight excluding hydrogens is 342 g/mol. The highest BCUT2D eigenvalue weighted by atomic mass is 16.5. The Morgan fingerprint density at radius 2 is 1.67 bits per heavy atom. The maximum atomic E-state index is 10.8. The number of ether oxygens (including phenoxy) is 1. The molecule has 0 aromatic rings. The van der Waals surface area contributed by atoms with Crippen LogP contribution in [0.3, 0.4) is 0 Å². The summed E-state index contributed by atoms with van der Waals surface area (Å²) in [6.45, 7) is 9.31. The first kappa shape index (κ1) is 24.8. The first-order valence-corrected chi connectivity index (χ1v) is 11.1. The summed E-state index contributed by atoms with van der Waals surface area (Å²) in [4.78, 5) is 2.13. The van der Waals surface area contributed by atoms with Gasteiger partial charge >= 0.3 is 0 Å². The standard InChI is InChI=1S/C22H45NO4/c1-6-8-10-11-12-14-23(5)20-18(24)15-19(25)21(20)27-16-22(4,26)17(3)13-9-7-2/h17-21,24-26H,6-16H2,1-5H3/t17?,18-,19+,20+,21+,22?/m1/s1. The molecule has 2 unspecified atom stereocenters. The maximum absolute atomic E-state index is 10.8. The van der Waals surface area contributed by atoms with E-state index in [-0.39, 0.29) is 18.6 Å². The molecule has 0 saturated heterocycles. The average Bonchev–Trinajstić information content (AvgIpc) is 2.90. The number of hydrogen-bond donors (Lipinski definition) is 3. The molecule has 162 valence electrons. The Balaban J connectivity index is 2.57. The van der Waals surface area contributed by atoms with Crippen LogP contribution in [0.25, 0.3) is 0 Å². The normalized spacial score (nSPS) is 29.2. The van der Waals surface area contributed by atoms with Gasteiger partial charge < -0.3 is 20.1 Å².